The fraction of sp³-hybridized carbons (Fsp3) is 0.300. The predicted molar refractivity (Wildman–Crippen MR) is 54.7 cm³/mol. The number of aldehydes is 1. The van der Waals surface area contributed by atoms with Crippen LogP contribution in [0.25, 0.3) is 0 Å². The molecule has 0 saturated heterocycles. The number of halogens is 2. The van der Waals surface area contributed by atoms with Gasteiger partial charge in [-0.25, -0.2) is 0 Å². The van der Waals surface area contributed by atoms with E-state index in [-0.39, 0.29) is 12.2 Å². The molecule has 0 saturated carbocycles. The molecule has 0 amide bonds. The van der Waals surface area contributed by atoms with Gasteiger partial charge in [0.15, 0.2) is 0 Å². The van der Waals surface area contributed by atoms with Gasteiger partial charge in [-0.2, -0.15) is 8.78 Å². The molecule has 0 spiro atoms. The number of aryl methyl sites for hydroxylation is 1. The summed E-state index contributed by atoms with van der Waals surface area (Å²) in [5.41, 5.74) is 0.565. The number of benzene rings is 1. The third kappa shape index (κ3) is 3.87. The molecule has 1 aromatic rings. The number of carbonyl (C=O) groups excluding carboxylic acids is 1. The molecule has 1 rings (SSSR count). The van der Waals surface area contributed by atoms with Crippen molar-refractivity contribution < 1.29 is 18.3 Å². The molecule has 0 fully saturated rings. The molecule has 0 atom stereocenters. The van der Waals surface area contributed by atoms with Crippen molar-refractivity contribution in [1.82, 2.24) is 0 Å². The van der Waals surface area contributed by atoms with E-state index in [1.165, 1.54) is 6.07 Å². The number of carbonyl (C=O) groups is 1. The van der Waals surface area contributed by atoms with E-state index in [1.807, 2.05) is 0 Å². The molecule has 0 unspecified atom stereocenters. The second-order valence-corrected chi connectivity index (χ2v) is 3.39. The van der Waals surface area contributed by atoms with Gasteiger partial charge in [-0.3, -0.25) is 0 Å². The summed E-state index contributed by atoms with van der Waals surface area (Å²) in [6.45, 7) is -2.86. The highest BCUT2D eigenvalue weighted by Gasteiger charge is 2.09. The first-order valence-electron chi connectivity index (χ1n) is 4.34. The van der Waals surface area contributed by atoms with Gasteiger partial charge in [-0.1, -0.05) is 0 Å². The topological polar surface area (TPSA) is 26.3 Å². The van der Waals surface area contributed by atoms with Crippen molar-refractivity contribution >= 4 is 18.9 Å². The van der Waals surface area contributed by atoms with Gasteiger partial charge in [0.1, 0.15) is 12.0 Å². The lowest BCUT2D eigenvalue weighted by molar-refractivity contribution is -0.107. The Hall–Kier alpha value is -1.10. The van der Waals surface area contributed by atoms with Gasteiger partial charge in [0.25, 0.3) is 0 Å². The molecule has 0 N–H and O–H groups in total. The van der Waals surface area contributed by atoms with E-state index >= 15 is 0 Å². The molecule has 2 nitrogen and oxygen atoms in total. The van der Waals surface area contributed by atoms with Gasteiger partial charge in [0, 0.05) is 11.3 Å². The van der Waals surface area contributed by atoms with Crippen molar-refractivity contribution in [1.29, 1.82) is 0 Å². The Morgan fingerprint density at radius 1 is 1.47 bits per heavy atom. The van der Waals surface area contributed by atoms with Crippen molar-refractivity contribution in [3.8, 4) is 5.75 Å². The first kappa shape index (κ1) is 12.0. The smallest absolute Gasteiger partial charge is 0.387 e. The van der Waals surface area contributed by atoms with Gasteiger partial charge in [-0.15, -0.1) is 12.6 Å². The van der Waals surface area contributed by atoms with Crippen LogP contribution in [0.1, 0.15) is 12.0 Å². The summed E-state index contributed by atoms with van der Waals surface area (Å²) in [4.78, 5) is 10.8. The number of hydrogen-bond acceptors (Lipinski definition) is 3. The zero-order chi connectivity index (χ0) is 11.3. The monoisotopic (exact) mass is 232 g/mol. The van der Waals surface area contributed by atoms with Crippen molar-refractivity contribution in [3.63, 3.8) is 0 Å². The molecule has 82 valence electrons. The van der Waals surface area contributed by atoms with E-state index < -0.39 is 6.61 Å². The molecule has 0 radical (unpaired) electrons. The van der Waals surface area contributed by atoms with E-state index in [0.717, 1.165) is 6.29 Å². The standard InChI is InChI=1S/C10H10F2O2S/c11-10(12)14-9-4-3-8(15)6-7(9)2-1-5-13/h3-6,10,15H,1-2H2. The maximum absolute atomic E-state index is 12.0. The lowest BCUT2D eigenvalue weighted by Gasteiger charge is -2.10. The van der Waals surface area contributed by atoms with Crippen molar-refractivity contribution in [2.24, 2.45) is 0 Å². The molecule has 0 aromatic heterocycles. The second kappa shape index (κ2) is 5.70. The second-order valence-electron chi connectivity index (χ2n) is 2.88. The lowest BCUT2D eigenvalue weighted by atomic mass is 10.1. The summed E-state index contributed by atoms with van der Waals surface area (Å²) in [6.07, 6.45) is 1.38. The van der Waals surface area contributed by atoms with E-state index in [4.69, 9.17) is 0 Å². The molecule has 0 bridgehead atoms. The third-order valence-corrected chi connectivity index (χ3v) is 2.07. The number of rotatable bonds is 5. The van der Waals surface area contributed by atoms with Crippen LogP contribution >= 0.6 is 12.6 Å². The van der Waals surface area contributed by atoms with Crippen LogP contribution in [0.5, 0.6) is 5.75 Å². The van der Waals surface area contributed by atoms with Crippen LogP contribution in [0.3, 0.4) is 0 Å². The molecular weight excluding hydrogens is 222 g/mol. The van der Waals surface area contributed by atoms with E-state index in [0.29, 0.717) is 16.9 Å². The highest BCUT2D eigenvalue weighted by molar-refractivity contribution is 7.80. The number of thiol groups is 1. The van der Waals surface area contributed by atoms with Crippen LogP contribution < -0.4 is 4.74 Å². The van der Waals surface area contributed by atoms with Crippen molar-refractivity contribution in [2.75, 3.05) is 0 Å². The molecule has 15 heavy (non-hydrogen) atoms. The Balaban J connectivity index is 2.86. The minimum Gasteiger partial charge on any atom is -0.435 e. The highest BCUT2D eigenvalue weighted by Crippen LogP contribution is 2.24. The van der Waals surface area contributed by atoms with E-state index in [1.54, 1.807) is 12.1 Å². The molecule has 1 aromatic carbocycles. The summed E-state index contributed by atoms with van der Waals surface area (Å²) >= 11 is 4.08. The van der Waals surface area contributed by atoms with Gasteiger partial charge >= 0.3 is 6.61 Å². The average Bonchev–Trinajstić information content (AvgIpc) is 2.18. The maximum atomic E-state index is 12.0. The molecule has 0 aliphatic heterocycles. The minimum atomic E-state index is -2.86. The zero-order valence-electron chi connectivity index (χ0n) is 7.82. The van der Waals surface area contributed by atoms with Gasteiger partial charge in [0.05, 0.1) is 0 Å². The van der Waals surface area contributed by atoms with E-state index in [2.05, 4.69) is 17.4 Å². The summed E-state index contributed by atoms with van der Waals surface area (Å²) in [5.74, 6) is 0.102. The highest BCUT2D eigenvalue weighted by atomic mass is 32.1. The van der Waals surface area contributed by atoms with Crippen LogP contribution in [0.4, 0.5) is 8.78 Å². The number of hydrogen-bond donors (Lipinski definition) is 1. The van der Waals surface area contributed by atoms with Crippen LogP contribution in [0, 0.1) is 0 Å². The quantitative estimate of drug-likeness (QED) is 0.624. The summed E-state index contributed by atoms with van der Waals surface area (Å²) < 4.78 is 28.3. The minimum absolute atomic E-state index is 0.102. The van der Waals surface area contributed by atoms with Gasteiger partial charge in [0.2, 0.25) is 0 Å². The molecule has 0 aliphatic rings. The fourth-order valence-corrected chi connectivity index (χ4v) is 1.42. The van der Waals surface area contributed by atoms with Gasteiger partial charge in [-0.05, 0) is 30.2 Å². The molecular formula is C10H10F2O2S. The molecule has 0 aliphatic carbocycles. The van der Waals surface area contributed by atoms with E-state index in [9.17, 15) is 13.6 Å². The van der Waals surface area contributed by atoms with Crippen molar-refractivity contribution in [3.05, 3.63) is 23.8 Å². The first-order chi connectivity index (χ1) is 7.13. The Morgan fingerprint density at radius 2 is 2.20 bits per heavy atom. The number of ether oxygens (including phenoxy) is 1. The predicted octanol–water partition coefficient (Wildman–Crippen LogP) is 2.71. The SMILES string of the molecule is O=CCCc1cc(S)ccc1OC(F)F. The summed E-state index contributed by atoms with van der Waals surface area (Å²) in [6, 6.07) is 4.60. The Kier molecular flexibility index (Phi) is 4.55. The Morgan fingerprint density at radius 3 is 2.80 bits per heavy atom. The Bertz CT molecular complexity index is 342. The third-order valence-electron chi connectivity index (χ3n) is 1.79. The Labute approximate surface area is 91.7 Å². The van der Waals surface area contributed by atoms with Crippen molar-refractivity contribution in [2.45, 2.75) is 24.3 Å². The maximum Gasteiger partial charge on any atom is 0.387 e. The molecule has 5 heteroatoms. The first-order valence-corrected chi connectivity index (χ1v) is 4.78. The molecule has 0 heterocycles. The zero-order valence-corrected chi connectivity index (χ0v) is 8.72. The average molecular weight is 232 g/mol. The summed E-state index contributed by atoms with van der Waals surface area (Å²) in [7, 11) is 0. The summed E-state index contributed by atoms with van der Waals surface area (Å²) in [5, 5.41) is 0. The normalized spacial score (nSPS) is 10.4. The fourth-order valence-electron chi connectivity index (χ4n) is 1.19. The van der Waals surface area contributed by atoms with Crippen LogP contribution in [-0.2, 0) is 11.2 Å². The lowest BCUT2D eigenvalue weighted by Crippen LogP contribution is -2.04. The van der Waals surface area contributed by atoms with Crippen LogP contribution in [-0.4, -0.2) is 12.9 Å². The number of alkyl halides is 2. The van der Waals surface area contributed by atoms with Crippen LogP contribution in [0.2, 0.25) is 0 Å². The largest absolute Gasteiger partial charge is 0.435 e. The van der Waals surface area contributed by atoms with Gasteiger partial charge < -0.3 is 9.53 Å². The van der Waals surface area contributed by atoms with Crippen LogP contribution in [0.15, 0.2) is 23.1 Å².